The predicted octanol–water partition coefficient (Wildman–Crippen LogP) is 2.98. The number of β-amino-alcohol motifs (C(OH)–C–C–N with tert-alkyl or cyclic N) is 1. The largest absolute Gasteiger partial charge is 0.458 e. The van der Waals surface area contributed by atoms with E-state index in [0.29, 0.717) is 23.6 Å². The fourth-order valence-electron chi connectivity index (χ4n) is 4.14. The van der Waals surface area contributed by atoms with Crippen LogP contribution in [0.3, 0.4) is 0 Å². The molecule has 0 aliphatic carbocycles. The topological polar surface area (TPSA) is 39.9 Å². The Kier molecular flexibility index (Phi) is 4.86. The highest BCUT2D eigenvalue weighted by molar-refractivity contribution is 7.99. The average molecular weight is 346 g/mol. The van der Waals surface area contributed by atoms with Crippen molar-refractivity contribution in [2.45, 2.75) is 30.2 Å². The van der Waals surface area contributed by atoms with Gasteiger partial charge in [-0.15, -0.1) is 0 Å². The Morgan fingerprint density at radius 3 is 2.79 bits per heavy atom. The van der Waals surface area contributed by atoms with E-state index in [0.717, 1.165) is 24.1 Å². The van der Waals surface area contributed by atoms with Gasteiger partial charge in [-0.05, 0) is 44.3 Å². The molecular formula is C19H26N2O2S. The Balaban J connectivity index is 1.42. The molecule has 2 unspecified atom stereocenters. The van der Waals surface area contributed by atoms with Gasteiger partial charge in [-0.2, -0.15) is 11.8 Å². The minimum Gasteiger partial charge on any atom is -0.458 e. The molecule has 3 heterocycles. The predicted molar refractivity (Wildman–Crippen MR) is 99.5 cm³/mol. The third kappa shape index (κ3) is 3.23. The molecular weight excluding hydrogens is 320 g/mol. The van der Waals surface area contributed by atoms with Gasteiger partial charge in [0.1, 0.15) is 17.4 Å². The van der Waals surface area contributed by atoms with Crippen LogP contribution in [0, 0.1) is 0 Å². The van der Waals surface area contributed by atoms with Crippen molar-refractivity contribution in [1.29, 1.82) is 0 Å². The lowest BCUT2D eigenvalue weighted by atomic mass is 10.2. The first-order valence-electron chi connectivity index (χ1n) is 8.90. The Hall–Kier alpha value is -1.01. The van der Waals surface area contributed by atoms with Crippen molar-refractivity contribution in [3.05, 3.63) is 36.1 Å². The molecule has 2 aromatic rings. The molecule has 1 N–H and O–H groups in total. The molecule has 5 heteroatoms. The summed E-state index contributed by atoms with van der Waals surface area (Å²) in [6, 6.07) is 10.5. The fraction of sp³-hybridized carbons (Fsp3) is 0.579. The van der Waals surface area contributed by atoms with Crippen LogP contribution in [0.25, 0.3) is 11.0 Å². The zero-order chi connectivity index (χ0) is 16.5. The molecule has 3 atom stereocenters. The van der Waals surface area contributed by atoms with Crippen LogP contribution < -0.4 is 0 Å². The second-order valence-electron chi connectivity index (χ2n) is 7.01. The number of furan rings is 1. The van der Waals surface area contributed by atoms with Gasteiger partial charge in [-0.25, -0.2) is 0 Å². The van der Waals surface area contributed by atoms with Gasteiger partial charge >= 0.3 is 0 Å². The van der Waals surface area contributed by atoms with Crippen LogP contribution in [-0.2, 0) is 0 Å². The lowest BCUT2D eigenvalue weighted by Crippen LogP contribution is -2.40. The number of likely N-dealkylation sites (tertiary alicyclic amines) is 2. The van der Waals surface area contributed by atoms with E-state index in [1.54, 1.807) is 0 Å². The number of benzene rings is 1. The van der Waals surface area contributed by atoms with Gasteiger partial charge in [-0.1, -0.05) is 18.2 Å². The summed E-state index contributed by atoms with van der Waals surface area (Å²) in [6.07, 6.45) is 4.32. The zero-order valence-electron chi connectivity index (χ0n) is 14.2. The van der Waals surface area contributed by atoms with Crippen molar-refractivity contribution in [3.8, 4) is 0 Å². The van der Waals surface area contributed by atoms with Gasteiger partial charge in [0.2, 0.25) is 0 Å². The molecule has 2 fully saturated rings. The molecule has 0 spiro atoms. The minimum absolute atomic E-state index is 0.558. The van der Waals surface area contributed by atoms with E-state index in [9.17, 15) is 5.11 Å². The van der Waals surface area contributed by atoms with Crippen molar-refractivity contribution in [1.82, 2.24) is 9.80 Å². The maximum atomic E-state index is 10.6. The molecule has 2 aliphatic rings. The summed E-state index contributed by atoms with van der Waals surface area (Å²) in [5.74, 6) is 0.682. The minimum atomic E-state index is -0.558. The number of fused-ring (bicyclic) bond motifs is 1. The molecule has 0 radical (unpaired) electrons. The number of aliphatic hydroxyl groups is 1. The molecule has 1 aromatic heterocycles. The van der Waals surface area contributed by atoms with Crippen molar-refractivity contribution >= 4 is 22.7 Å². The van der Waals surface area contributed by atoms with Crippen molar-refractivity contribution < 1.29 is 9.52 Å². The van der Waals surface area contributed by atoms with Gasteiger partial charge < -0.3 is 9.52 Å². The molecule has 0 saturated carbocycles. The molecule has 1 aromatic carbocycles. The highest BCUT2D eigenvalue weighted by Gasteiger charge is 2.37. The summed E-state index contributed by atoms with van der Waals surface area (Å²) in [5.41, 5.74) is 0.852. The summed E-state index contributed by atoms with van der Waals surface area (Å²) < 4.78 is 5.83. The van der Waals surface area contributed by atoms with Crippen molar-refractivity contribution in [2.24, 2.45) is 0 Å². The first-order valence-corrected chi connectivity index (χ1v) is 10.2. The number of aliphatic hydroxyl groups excluding tert-OH is 1. The molecule has 0 bridgehead atoms. The van der Waals surface area contributed by atoms with E-state index in [1.165, 1.54) is 25.9 Å². The van der Waals surface area contributed by atoms with E-state index < -0.39 is 6.10 Å². The van der Waals surface area contributed by atoms with Crippen LogP contribution in [0.15, 0.2) is 34.7 Å². The van der Waals surface area contributed by atoms with Crippen LogP contribution in [-0.4, -0.2) is 65.2 Å². The van der Waals surface area contributed by atoms with Crippen LogP contribution in [0.5, 0.6) is 0 Å². The quantitative estimate of drug-likeness (QED) is 0.901. The molecule has 4 nitrogen and oxygen atoms in total. The standard InChI is InChI=1S/C19H26N2O2S/c1-24-19-13-20(11-15(19)21-8-4-5-9-21)12-16(22)18-10-14-6-2-3-7-17(14)23-18/h2-3,6-7,10,15-16,19,22H,4-5,8-9,11-13H2,1H3/t15?,16-,19?/m1/s1. The van der Waals surface area contributed by atoms with Crippen LogP contribution in [0.1, 0.15) is 24.7 Å². The normalized spacial score (nSPS) is 27.2. The van der Waals surface area contributed by atoms with Crippen molar-refractivity contribution in [3.63, 3.8) is 0 Å². The maximum Gasteiger partial charge on any atom is 0.135 e. The Morgan fingerprint density at radius 2 is 2.04 bits per heavy atom. The lowest BCUT2D eigenvalue weighted by molar-refractivity contribution is 0.103. The first-order chi connectivity index (χ1) is 11.7. The fourth-order valence-corrected chi connectivity index (χ4v) is 5.07. The zero-order valence-corrected chi connectivity index (χ0v) is 15.0. The summed E-state index contributed by atoms with van der Waals surface area (Å²) in [4.78, 5) is 5.05. The van der Waals surface area contributed by atoms with E-state index in [4.69, 9.17) is 4.42 Å². The summed E-state index contributed by atoms with van der Waals surface area (Å²) in [7, 11) is 0. The Labute approximate surface area is 147 Å². The second kappa shape index (κ2) is 7.08. The number of rotatable bonds is 5. The molecule has 130 valence electrons. The monoisotopic (exact) mass is 346 g/mol. The molecule has 0 amide bonds. The van der Waals surface area contributed by atoms with Gasteiger partial charge in [0, 0.05) is 36.3 Å². The van der Waals surface area contributed by atoms with Gasteiger partial charge in [0.05, 0.1) is 0 Å². The summed E-state index contributed by atoms with van der Waals surface area (Å²) in [6.45, 7) is 5.24. The number of thioether (sulfide) groups is 1. The SMILES string of the molecule is CSC1CN(C[C@@H](O)c2cc3ccccc3o2)CC1N1CCCC1. The summed E-state index contributed by atoms with van der Waals surface area (Å²) in [5, 5.41) is 12.3. The molecule has 24 heavy (non-hydrogen) atoms. The van der Waals surface area contributed by atoms with E-state index in [1.807, 2.05) is 42.1 Å². The summed E-state index contributed by atoms with van der Waals surface area (Å²) >= 11 is 1.97. The average Bonchev–Trinajstić information content (AvgIpc) is 3.32. The number of nitrogens with zero attached hydrogens (tertiary/aromatic N) is 2. The molecule has 4 rings (SSSR count). The smallest absolute Gasteiger partial charge is 0.135 e. The van der Waals surface area contributed by atoms with E-state index in [2.05, 4.69) is 16.1 Å². The third-order valence-corrected chi connectivity index (χ3v) is 6.50. The highest BCUT2D eigenvalue weighted by atomic mass is 32.2. The van der Waals surface area contributed by atoms with Gasteiger partial charge in [-0.3, -0.25) is 9.80 Å². The first kappa shape index (κ1) is 16.5. The van der Waals surface area contributed by atoms with E-state index in [-0.39, 0.29) is 0 Å². The van der Waals surface area contributed by atoms with Crippen molar-refractivity contribution in [2.75, 3.05) is 39.0 Å². The van der Waals surface area contributed by atoms with Gasteiger partial charge in [0.25, 0.3) is 0 Å². The van der Waals surface area contributed by atoms with Gasteiger partial charge in [0.15, 0.2) is 0 Å². The lowest BCUT2D eigenvalue weighted by Gasteiger charge is -2.27. The highest BCUT2D eigenvalue weighted by Crippen LogP contribution is 2.30. The van der Waals surface area contributed by atoms with E-state index >= 15 is 0 Å². The Bertz CT molecular complexity index is 650. The Morgan fingerprint density at radius 1 is 1.25 bits per heavy atom. The van der Waals surface area contributed by atoms with Crippen LogP contribution >= 0.6 is 11.8 Å². The van der Waals surface area contributed by atoms with Crippen LogP contribution in [0.2, 0.25) is 0 Å². The molecule has 2 saturated heterocycles. The number of hydrogen-bond acceptors (Lipinski definition) is 5. The third-order valence-electron chi connectivity index (χ3n) is 5.43. The second-order valence-corrected chi connectivity index (χ2v) is 8.08. The number of hydrogen-bond donors (Lipinski definition) is 1. The van der Waals surface area contributed by atoms with Crippen LogP contribution in [0.4, 0.5) is 0 Å². The molecule has 2 aliphatic heterocycles. The maximum absolute atomic E-state index is 10.6. The number of para-hydroxylation sites is 1.